The summed E-state index contributed by atoms with van der Waals surface area (Å²) in [6.45, 7) is 1.44. The van der Waals surface area contributed by atoms with Crippen molar-refractivity contribution >= 4 is 40.3 Å². The van der Waals surface area contributed by atoms with Crippen LogP contribution < -0.4 is 25.0 Å². The largest absolute Gasteiger partial charge is 0.492 e. The van der Waals surface area contributed by atoms with Crippen LogP contribution in [0, 0.1) is 0 Å². The Morgan fingerprint density at radius 1 is 1.13 bits per heavy atom. The van der Waals surface area contributed by atoms with E-state index in [4.69, 9.17) is 18.9 Å². The molecule has 1 aliphatic heterocycles. The lowest BCUT2D eigenvalue weighted by molar-refractivity contribution is -0.266. The first-order chi connectivity index (χ1) is 18.6. The highest BCUT2D eigenvalue weighted by atomic mass is 127. The maximum absolute atomic E-state index is 13.0. The quantitative estimate of drug-likeness (QED) is 0.196. The molecule has 12 heteroatoms. The van der Waals surface area contributed by atoms with Crippen molar-refractivity contribution in [2.45, 2.75) is 61.4 Å². The number of nitrogens with one attached hydrogen (secondary N) is 1. The van der Waals surface area contributed by atoms with Crippen LogP contribution >= 0.6 is 34.4 Å². The first-order valence-corrected chi connectivity index (χ1v) is 15.1. The van der Waals surface area contributed by atoms with Crippen molar-refractivity contribution in [1.82, 2.24) is 5.32 Å². The highest BCUT2D eigenvalue weighted by Crippen LogP contribution is 2.50. The van der Waals surface area contributed by atoms with Gasteiger partial charge in [0, 0.05) is 16.9 Å². The molecule has 2 aromatic carbocycles. The number of aliphatic hydroxyl groups is 3. The SMILES string of the molecule is COc1c(O[C@@H]2O[C@H](CI)[C@@H](O)[C@H](O)[C@H]2O)cc2c(c1OC)-c1ccc(SC)c(=O)cc1[C@@H](NC(C)=O)CC2. The number of amides is 1. The Hall–Kier alpha value is -2.10. The van der Waals surface area contributed by atoms with Crippen LogP contribution in [0.25, 0.3) is 11.1 Å². The number of methoxy groups -OCH3 is 2. The second-order valence-electron chi connectivity index (χ2n) is 9.33. The number of aliphatic hydroxyl groups excluding tert-OH is 3. The van der Waals surface area contributed by atoms with E-state index in [1.54, 1.807) is 18.2 Å². The molecule has 39 heavy (non-hydrogen) atoms. The Kier molecular flexibility index (Phi) is 9.65. The molecule has 1 fully saturated rings. The zero-order valence-electron chi connectivity index (χ0n) is 22.0. The Bertz CT molecular complexity index is 1290. The van der Waals surface area contributed by atoms with Crippen LogP contribution in [0.15, 0.2) is 34.0 Å². The van der Waals surface area contributed by atoms with Crippen LogP contribution in [-0.2, 0) is 16.0 Å². The third-order valence-electron chi connectivity index (χ3n) is 6.94. The first-order valence-electron chi connectivity index (χ1n) is 12.3. The minimum Gasteiger partial charge on any atom is -0.492 e. The van der Waals surface area contributed by atoms with Gasteiger partial charge in [-0.15, -0.1) is 11.8 Å². The molecule has 4 N–H and O–H groups in total. The summed E-state index contributed by atoms with van der Waals surface area (Å²) in [4.78, 5) is 25.6. The number of fused-ring (bicyclic) bond motifs is 3. The monoisotopic (exact) mass is 673 g/mol. The van der Waals surface area contributed by atoms with Gasteiger partial charge in [-0.05, 0) is 54.0 Å². The Morgan fingerprint density at radius 2 is 1.85 bits per heavy atom. The standard InChI is InChI=1S/C27H32INO9S/c1-12(30)29-16-7-5-13-9-18(37-27-24(34)23(33)22(32)19(11-28)38-27)25(35-2)26(36-3)21(13)14-6-8-20(39-4)17(31)10-15(14)16/h6,8-10,16,19,22-24,27,32-34H,5,7,11H2,1-4H3,(H,29,30)/t16-,19+,22+,23-,24+,27+/m0/s1. The van der Waals surface area contributed by atoms with Gasteiger partial charge in [-0.25, -0.2) is 0 Å². The number of carbonyl (C=O) groups is 1. The van der Waals surface area contributed by atoms with Crippen LogP contribution in [0.2, 0.25) is 0 Å². The van der Waals surface area contributed by atoms with Gasteiger partial charge in [0.1, 0.15) is 18.3 Å². The van der Waals surface area contributed by atoms with Gasteiger partial charge in [-0.2, -0.15) is 0 Å². The molecular weight excluding hydrogens is 641 g/mol. The molecule has 0 radical (unpaired) electrons. The Morgan fingerprint density at radius 3 is 2.46 bits per heavy atom. The summed E-state index contributed by atoms with van der Waals surface area (Å²) in [6.07, 6.45) is -3.46. The molecule has 6 atom stereocenters. The number of alkyl halides is 1. The van der Waals surface area contributed by atoms with Gasteiger partial charge in [-0.3, -0.25) is 9.59 Å². The Labute approximate surface area is 244 Å². The molecule has 1 heterocycles. The van der Waals surface area contributed by atoms with Crippen LogP contribution in [-0.4, -0.2) is 76.8 Å². The number of benzene rings is 1. The van der Waals surface area contributed by atoms with Gasteiger partial charge >= 0.3 is 0 Å². The van der Waals surface area contributed by atoms with Crippen LogP contribution in [0.1, 0.15) is 30.5 Å². The molecule has 212 valence electrons. The van der Waals surface area contributed by atoms with Crippen molar-refractivity contribution in [3.8, 4) is 28.4 Å². The van der Waals surface area contributed by atoms with E-state index in [0.717, 1.165) is 5.56 Å². The molecule has 0 unspecified atom stereocenters. The summed E-state index contributed by atoms with van der Waals surface area (Å²) in [5.74, 6) is 0.558. The average molecular weight is 674 g/mol. The number of halogens is 1. The molecule has 0 bridgehead atoms. The number of thioether (sulfide) groups is 1. The molecular formula is C27H32INO9S. The van der Waals surface area contributed by atoms with Crippen molar-refractivity contribution in [2.75, 3.05) is 24.9 Å². The summed E-state index contributed by atoms with van der Waals surface area (Å²) in [6, 6.07) is 6.50. The van der Waals surface area contributed by atoms with E-state index in [1.165, 1.54) is 32.9 Å². The first kappa shape index (κ1) is 29.9. The van der Waals surface area contributed by atoms with Crippen molar-refractivity contribution in [2.24, 2.45) is 0 Å². The van der Waals surface area contributed by atoms with E-state index >= 15 is 0 Å². The van der Waals surface area contributed by atoms with Crippen molar-refractivity contribution in [3.63, 3.8) is 0 Å². The molecule has 1 saturated heterocycles. The molecule has 2 aliphatic rings. The maximum Gasteiger partial charge on any atom is 0.229 e. The third-order valence-corrected chi connectivity index (χ3v) is 8.59. The summed E-state index contributed by atoms with van der Waals surface area (Å²) in [7, 11) is 2.94. The molecule has 1 amide bonds. The van der Waals surface area contributed by atoms with Crippen molar-refractivity contribution < 1.29 is 39.1 Å². The smallest absolute Gasteiger partial charge is 0.229 e. The zero-order chi connectivity index (χ0) is 28.4. The predicted octanol–water partition coefficient (Wildman–Crippen LogP) is 2.20. The van der Waals surface area contributed by atoms with Gasteiger partial charge < -0.3 is 39.6 Å². The van der Waals surface area contributed by atoms with Crippen LogP contribution in [0.5, 0.6) is 17.2 Å². The summed E-state index contributed by atoms with van der Waals surface area (Å²) < 4.78 is 23.8. The van der Waals surface area contributed by atoms with Gasteiger partial charge in [0.2, 0.25) is 17.9 Å². The lowest BCUT2D eigenvalue weighted by Gasteiger charge is -2.39. The number of ether oxygens (including phenoxy) is 4. The number of hydrogen-bond acceptors (Lipinski definition) is 10. The van der Waals surface area contributed by atoms with E-state index in [9.17, 15) is 24.9 Å². The minimum atomic E-state index is -1.52. The van der Waals surface area contributed by atoms with Crippen LogP contribution in [0.4, 0.5) is 0 Å². The van der Waals surface area contributed by atoms with Gasteiger partial charge in [-0.1, -0.05) is 28.7 Å². The topological polar surface area (TPSA) is 144 Å². The third kappa shape index (κ3) is 5.86. The molecule has 4 rings (SSSR count). The van der Waals surface area contributed by atoms with Gasteiger partial charge in [0.15, 0.2) is 16.9 Å². The summed E-state index contributed by atoms with van der Waals surface area (Å²) in [5.41, 5.74) is 2.71. The van der Waals surface area contributed by atoms with E-state index in [-0.39, 0.29) is 22.8 Å². The maximum atomic E-state index is 13.0. The zero-order valence-corrected chi connectivity index (χ0v) is 24.9. The lowest BCUT2D eigenvalue weighted by Crippen LogP contribution is -2.59. The second-order valence-corrected chi connectivity index (χ2v) is 11.1. The molecule has 2 aromatic rings. The van der Waals surface area contributed by atoms with Crippen LogP contribution in [0.3, 0.4) is 0 Å². The normalized spacial score (nSPS) is 26.1. The molecule has 0 saturated carbocycles. The molecule has 0 spiro atoms. The molecule has 10 nitrogen and oxygen atoms in total. The number of aryl methyl sites for hydroxylation is 1. The van der Waals surface area contributed by atoms with Crippen molar-refractivity contribution in [1.29, 1.82) is 0 Å². The molecule has 1 aliphatic carbocycles. The lowest BCUT2D eigenvalue weighted by atomic mass is 9.95. The summed E-state index contributed by atoms with van der Waals surface area (Å²) >= 11 is 3.36. The summed E-state index contributed by atoms with van der Waals surface area (Å²) in [5, 5.41) is 34.2. The van der Waals surface area contributed by atoms with E-state index < -0.39 is 36.7 Å². The number of rotatable bonds is 7. The van der Waals surface area contributed by atoms with Gasteiger partial charge in [0.05, 0.1) is 31.3 Å². The number of hydrogen-bond donors (Lipinski definition) is 4. The highest BCUT2D eigenvalue weighted by molar-refractivity contribution is 14.1. The Balaban J connectivity index is 1.89. The molecule has 0 aromatic heterocycles. The minimum absolute atomic E-state index is 0.151. The van der Waals surface area contributed by atoms with E-state index in [0.29, 0.717) is 44.6 Å². The number of carbonyl (C=O) groups excluding carboxylic acids is 1. The average Bonchev–Trinajstić information content (AvgIpc) is 3.16. The fourth-order valence-electron chi connectivity index (χ4n) is 5.06. The second kappa shape index (κ2) is 12.6. The fraction of sp³-hybridized carbons (Fsp3) is 0.481. The van der Waals surface area contributed by atoms with Gasteiger partial charge in [0.25, 0.3) is 0 Å². The van der Waals surface area contributed by atoms with Crippen molar-refractivity contribution in [3.05, 3.63) is 45.6 Å². The fourth-order valence-corrected chi connectivity index (χ4v) is 6.26. The van der Waals surface area contributed by atoms with E-state index in [1.807, 2.05) is 34.9 Å². The van der Waals surface area contributed by atoms with E-state index in [2.05, 4.69) is 5.32 Å². The highest BCUT2D eigenvalue weighted by Gasteiger charge is 2.45. The predicted molar refractivity (Wildman–Crippen MR) is 154 cm³/mol.